The summed E-state index contributed by atoms with van der Waals surface area (Å²) in [6.45, 7) is 16.4. The maximum atomic E-state index is 13.7. The Balaban J connectivity index is 0.000000137. The number of hydrogen-bond acceptors (Lipinski definition) is 29. The summed E-state index contributed by atoms with van der Waals surface area (Å²) in [6.07, 6.45) is 17.9. The molecule has 10 aliphatic rings. The van der Waals surface area contributed by atoms with Crippen LogP contribution in [-0.2, 0) is 73.1 Å². The molecule has 9 atom stereocenters. The van der Waals surface area contributed by atoms with Gasteiger partial charge in [0, 0.05) is 119 Å². The third-order valence-electron chi connectivity index (χ3n) is 30.0. The average molecular weight is 1970 g/mol. The second-order valence-electron chi connectivity index (χ2n) is 38.9. The first-order chi connectivity index (χ1) is 67.9. The van der Waals surface area contributed by atoms with E-state index in [1.54, 1.807) is 75.5 Å². The number of rotatable bonds is 16. The predicted octanol–water partition coefficient (Wildman–Crippen LogP) is 12.7. The average Bonchev–Trinajstić information content (AvgIpc) is 1.34. The lowest BCUT2D eigenvalue weighted by Gasteiger charge is -2.45. The first-order valence-corrected chi connectivity index (χ1v) is 50.1. The van der Waals surface area contributed by atoms with Gasteiger partial charge in [-0.15, -0.1) is 34.0 Å². The highest BCUT2D eigenvalue weighted by molar-refractivity contribution is 7.13. The van der Waals surface area contributed by atoms with Gasteiger partial charge >= 0.3 is 6.09 Å². The summed E-state index contributed by atoms with van der Waals surface area (Å²) in [5.41, 5.74) is 35.0. The Labute approximate surface area is 838 Å². The molecular formula is C105H118N26O8S3. The number of nitriles is 5. The van der Waals surface area contributed by atoms with Crippen LogP contribution in [0, 0.1) is 80.3 Å². The zero-order chi connectivity index (χ0) is 102. The van der Waals surface area contributed by atoms with Crippen molar-refractivity contribution in [3.05, 3.63) is 233 Å². The fourth-order valence-corrected chi connectivity index (χ4v) is 23.6. The molecule has 4 aromatic carbocycles. The van der Waals surface area contributed by atoms with E-state index >= 15 is 0 Å². The van der Waals surface area contributed by atoms with Gasteiger partial charge in [-0.2, -0.15) is 31.4 Å². The zero-order valence-electron chi connectivity index (χ0n) is 81.4. The van der Waals surface area contributed by atoms with E-state index in [4.69, 9.17) is 38.4 Å². The van der Waals surface area contributed by atoms with Gasteiger partial charge in [0.25, 0.3) is 5.91 Å². The lowest BCUT2D eigenvalue weighted by molar-refractivity contribution is -0.137. The van der Waals surface area contributed by atoms with Gasteiger partial charge in [-0.3, -0.25) is 63.3 Å². The van der Waals surface area contributed by atoms with Crippen molar-refractivity contribution < 1.29 is 38.3 Å². The zero-order valence-corrected chi connectivity index (χ0v) is 83.8. The number of pyridine rings is 1. The quantitative estimate of drug-likeness (QED) is 0.0472. The SMILES string of the molecule is CC(=O)N1CCC(CN2C(=O)C(C)(c3cccc(-c4cn[nH]c4)c3)N=C2N)CC1.CN1C(=O)C[C@@](C)(C2CCCNC2)N=C1N.CN1C(=O)[C@@H](c2ccc(C3(C#N)CCC3)cc2)[C@@](C)(c2ccc(C#N)s2)N=C1N.CN1C(=O)[C@H](C2CCN(C(=O)OCc3ccccc3)CC2)[C@@](C)(c2cc(-c3cncc(C#N)c3)cs2)N=C1N.CN1C(=O)[C@H](c2ccc(C3(C#N)CCC3)cc2)[C@@](C)(c2ccc(C#N)s2)N=C1N. The van der Waals surface area contributed by atoms with E-state index in [0.29, 0.717) is 72.0 Å². The van der Waals surface area contributed by atoms with Crippen molar-refractivity contribution in [2.75, 3.05) is 74.0 Å². The molecule has 2 saturated carbocycles. The Bertz CT molecular complexity index is 6470. The fourth-order valence-electron chi connectivity index (χ4n) is 20.7. The number of ether oxygens (including phenoxy) is 1. The smallest absolute Gasteiger partial charge is 0.410 e. The van der Waals surface area contributed by atoms with Gasteiger partial charge in [-0.25, -0.2) is 29.8 Å². The lowest BCUT2D eigenvalue weighted by Crippen LogP contribution is -2.57. The van der Waals surface area contributed by atoms with Gasteiger partial charge in [0.2, 0.25) is 29.5 Å². The summed E-state index contributed by atoms with van der Waals surface area (Å²) in [5, 5.41) is 59.1. The van der Waals surface area contributed by atoms with Crippen LogP contribution >= 0.6 is 34.0 Å². The van der Waals surface area contributed by atoms with Gasteiger partial charge in [0.05, 0.1) is 64.4 Å². The molecule has 2 unspecified atom stereocenters. The number of hydrogen-bond donors (Lipinski definition) is 7. The number of likely N-dealkylation sites (tertiary alicyclic amines) is 2. The first-order valence-electron chi connectivity index (χ1n) is 47.6. The number of benzene rings is 4. The van der Waals surface area contributed by atoms with Crippen LogP contribution in [0.15, 0.2) is 195 Å². The van der Waals surface area contributed by atoms with E-state index in [9.17, 15) is 59.9 Å². The topological polar surface area (TPSA) is 516 Å². The molecule has 37 heteroatoms. The Morgan fingerprint density at radius 2 is 1.07 bits per heavy atom. The maximum absolute atomic E-state index is 13.7. The number of H-pyrrole nitrogens is 1. The maximum Gasteiger partial charge on any atom is 0.410 e. The number of likely N-dealkylation sites (N-methyl/N-ethyl adjacent to an activating group) is 2. The third-order valence-corrected chi connectivity index (χ3v) is 33.6. The molecule has 19 rings (SSSR count). The van der Waals surface area contributed by atoms with Crippen LogP contribution < -0.4 is 34.0 Å². The molecule has 5 fully saturated rings. The Morgan fingerprint density at radius 3 is 1.56 bits per heavy atom. The number of carbonyl (C=O) groups excluding carboxylic acids is 7. The molecule has 12 N–H and O–H groups in total. The van der Waals surface area contributed by atoms with Crippen molar-refractivity contribution in [3.8, 4) is 52.6 Å². The standard InChI is InChI=1S/C29H30N6O3S.2C22H21N5OS.C21H26N6O2.C11H20N4O/c1-29(24-13-23(18-39-24)22-12-20(14-30)15-32-16-22)25(26(36)34(2)27(31)33-29)21-8-10-35(11-9-21)28(37)38-17-19-6-4-3-5-7-19;2*1-21(17-9-8-16(12-23)29-17)18(19(28)27(2)20(25)26-21)14-4-6-15(7-5-14)22(13-24)10-3-11-22;1-14(28)26-8-6-15(7-9-26)13-27-19(29)21(2,25-20(27)22)18-5-3-4-16(10-18)17-11-23-24-12-17;1-11(8-4-3-5-13-7-8)6-9(16)15(2)10(12)14-11/h3-7,12-13,15-16,18,21,25H,8-11,17H2,1-2H3,(H2,31,33);2*4-9,18H,3,10-11H2,1-2H3,(H2,25,26);3-5,10-12,15H,6-9,13H2,1-2H3,(H2,22,25)(H,23,24);8,13H,3-7H2,1-2H3,(H2,12,14)/t25-,29+;18-,21+;18-,21-;;8?,11-/m001.0/s1. The van der Waals surface area contributed by atoms with E-state index in [2.05, 4.69) is 70.8 Å². The van der Waals surface area contributed by atoms with E-state index in [1.165, 1.54) is 59.8 Å². The summed E-state index contributed by atoms with van der Waals surface area (Å²) in [4.78, 5) is 132. The van der Waals surface area contributed by atoms with Crippen LogP contribution in [0.3, 0.4) is 0 Å². The molecule has 0 bridgehead atoms. The lowest BCUT2D eigenvalue weighted by atomic mass is 9.65. The summed E-state index contributed by atoms with van der Waals surface area (Å²) in [7, 11) is 6.58. The number of aliphatic imine (C=N–C) groups is 5. The number of amides is 7. The molecule has 9 aromatic rings. The summed E-state index contributed by atoms with van der Waals surface area (Å²) in [6, 6.07) is 55.2. The Hall–Kier alpha value is -14.8. The molecule has 734 valence electrons. The highest BCUT2D eigenvalue weighted by atomic mass is 32.1. The first kappa shape index (κ1) is 102. The summed E-state index contributed by atoms with van der Waals surface area (Å²) in [5.74, 6) is -0.00649. The molecule has 34 nitrogen and oxygen atoms in total. The number of nitrogens with two attached hydrogens (primary N) is 5. The second-order valence-corrected chi connectivity index (χ2v) is 42.0. The normalized spacial score (nSPS) is 25.1. The van der Waals surface area contributed by atoms with Gasteiger partial charge in [-0.05, 0) is 228 Å². The molecule has 0 radical (unpaired) electrons. The van der Waals surface area contributed by atoms with Gasteiger partial charge in [0.1, 0.15) is 51.2 Å². The number of thiophene rings is 3. The molecule has 8 aliphatic heterocycles. The van der Waals surface area contributed by atoms with Crippen molar-refractivity contribution in [1.82, 2.24) is 54.8 Å². The van der Waals surface area contributed by atoms with Gasteiger partial charge in [-0.1, -0.05) is 97.1 Å². The van der Waals surface area contributed by atoms with Crippen LogP contribution in [0.1, 0.15) is 200 Å². The van der Waals surface area contributed by atoms with Crippen LogP contribution in [0.25, 0.3) is 22.3 Å². The number of nitrogens with zero attached hydrogens (tertiary/aromatic N) is 19. The predicted molar refractivity (Wildman–Crippen MR) is 543 cm³/mol. The molecule has 2 aliphatic carbocycles. The minimum absolute atomic E-state index is 0.00843. The highest BCUT2D eigenvalue weighted by Gasteiger charge is 2.55. The van der Waals surface area contributed by atoms with E-state index in [1.807, 2.05) is 172 Å². The fraction of sp³-hybridized carbons (Fsp3) is 0.419. The van der Waals surface area contributed by atoms with Crippen molar-refractivity contribution in [2.45, 2.75) is 182 Å². The van der Waals surface area contributed by atoms with Crippen molar-refractivity contribution in [1.29, 1.82) is 26.3 Å². The molecule has 0 spiro atoms. The molecule has 142 heavy (non-hydrogen) atoms. The number of nitrogens with one attached hydrogen (secondary N) is 2. The monoisotopic (exact) mass is 1970 g/mol. The minimum atomic E-state index is -1.04. The van der Waals surface area contributed by atoms with Crippen LogP contribution in [0.2, 0.25) is 0 Å². The minimum Gasteiger partial charge on any atom is -0.445 e. The highest BCUT2D eigenvalue weighted by Crippen LogP contribution is 2.53. The van der Waals surface area contributed by atoms with Crippen LogP contribution in [0.4, 0.5) is 4.79 Å². The van der Waals surface area contributed by atoms with Gasteiger partial charge < -0.3 is 48.5 Å². The van der Waals surface area contributed by atoms with E-state index in [-0.39, 0.29) is 83.4 Å². The van der Waals surface area contributed by atoms with Crippen LogP contribution in [0.5, 0.6) is 0 Å². The number of aromatic nitrogens is 3. The van der Waals surface area contributed by atoms with E-state index < -0.39 is 50.7 Å². The van der Waals surface area contributed by atoms with Crippen LogP contribution in [-0.4, -0.2) is 200 Å². The third kappa shape index (κ3) is 20.3. The summed E-state index contributed by atoms with van der Waals surface area (Å²) >= 11 is 4.17. The van der Waals surface area contributed by atoms with Crippen molar-refractivity contribution >= 4 is 105 Å². The van der Waals surface area contributed by atoms with Gasteiger partial charge in [0.15, 0.2) is 35.3 Å². The molecule has 3 saturated heterocycles. The van der Waals surface area contributed by atoms with E-state index in [0.717, 1.165) is 161 Å². The van der Waals surface area contributed by atoms with Crippen molar-refractivity contribution in [2.24, 2.45) is 77.3 Å². The molecule has 13 heterocycles. The largest absolute Gasteiger partial charge is 0.445 e. The van der Waals surface area contributed by atoms with Crippen molar-refractivity contribution in [3.63, 3.8) is 0 Å². The molecule has 5 aromatic heterocycles. The number of guanidine groups is 5. The summed E-state index contributed by atoms with van der Waals surface area (Å²) < 4.78 is 5.52. The molecular weight excluding hydrogens is 1850 g/mol. The second kappa shape index (κ2) is 41.9. The molecule has 7 amide bonds. The number of piperidine rings is 3. The number of carbonyl (C=O) groups is 7. The number of aromatic amines is 1. The Morgan fingerprint density at radius 1 is 0.521 bits per heavy atom. The Kier molecular flexibility index (Phi) is 30.0.